The molecule has 0 saturated carbocycles. The average Bonchev–Trinajstić information content (AvgIpc) is 2.96. The number of nitriles is 1. The first-order valence-corrected chi connectivity index (χ1v) is 8.92. The summed E-state index contributed by atoms with van der Waals surface area (Å²) in [6, 6.07) is 18.1. The van der Waals surface area contributed by atoms with Crippen LogP contribution in [0.2, 0.25) is 0 Å². The molecule has 0 bridgehead atoms. The highest BCUT2D eigenvalue weighted by Crippen LogP contribution is 2.20. The molecule has 0 unspecified atom stereocenters. The second-order valence-electron chi connectivity index (χ2n) is 6.45. The molecule has 1 heterocycles. The van der Waals surface area contributed by atoms with E-state index in [1.807, 2.05) is 19.1 Å². The fraction of sp³-hybridized carbons (Fsp3) is 0.333. The van der Waals surface area contributed by atoms with E-state index in [0.29, 0.717) is 5.56 Å². The van der Waals surface area contributed by atoms with Gasteiger partial charge in [0, 0.05) is 18.8 Å². The van der Waals surface area contributed by atoms with Crippen molar-refractivity contribution in [3.8, 4) is 6.07 Å². The molecule has 0 aliphatic carbocycles. The van der Waals surface area contributed by atoms with Crippen LogP contribution in [0.15, 0.2) is 53.6 Å². The van der Waals surface area contributed by atoms with Gasteiger partial charge in [-0.2, -0.15) is 10.4 Å². The highest BCUT2D eigenvalue weighted by Gasteiger charge is 2.09. The summed E-state index contributed by atoms with van der Waals surface area (Å²) in [4.78, 5) is 2.48. The molecular formula is C21H24N4. The molecule has 0 amide bonds. The standard InChI is InChI=1S/C21H24N4/c1-17(23-24-20-10-6-18(16-22)7-11-20)19-8-12-21(13-9-19)25-14-4-2-3-5-15-25/h6-13,24H,2-5,14-15H2,1H3/b23-17-. The van der Waals surface area contributed by atoms with Gasteiger partial charge in [-0.3, -0.25) is 5.43 Å². The van der Waals surface area contributed by atoms with Crippen molar-refractivity contribution in [1.29, 1.82) is 5.26 Å². The first-order chi connectivity index (χ1) is 12.3. The van der Waals surface area contributed by atoms with Crippen LogP contribution in [0, 0.1) is 11.3 Å². The number of anilines is 2. The Kier molecular flexibility index (Phi) is 5.69. The van der Waals surface area contributed by atoms with Gasteiger partial charge in [0.15, 0.2) is 0 Å². The van der Waals surface area contributed by atoms with E-state index in [1.54, 1.807) is 12.1 Å². The Morgan fingerprint density at radius 2 is 1.60 bits per heavy atom. The summed E-state index contributed by atoms with van der Waals surface area (Å²) in [6.07, 6.45) is 5.27. The number of hydrogen-bond acceptors (Lipinski definition) is 4. The maximum atomic E-state index is 8.83. The zero-order chi connectivity index (χ0) is 17.5. The molecule has 1 aliphatic heterocycles. The predicted octanol–water partition coefficient (Wildman–Crippen LogP) is 4.77. The SMILES string of the molecule is C/C(=N/Nc1ccc(C#N)cc1)c1ccc(N2CCCCCC2)cc1. The lowest BCUT2D eigenvalue weighted by atomic mass is 10.1. The Balaban J connectivity index is 1.65. The zero-order valence-electron chi connectivity index (χ0n) is 14.7. The van der Waals surface area contributed by atoms with Crippen LogP contribution in [0.1, 0.15) is 43.7 Å². The Labute approximate surface area is 149 Å². The van der Waals surface area contributed by atoms with Gasteiger partial charge in [-0.25, -0.2) is 0 Å². The van der Waals surface area contributed by atoms with Crippen LogP contribution >= 0.6 is 0 Å². The highest BCUT2D eigenvalue weighted by molar-refractivity contribution is 5.99. The number of hydrazone groups is 1. The molecule has 2 aromatic carbocycles. The van der Waals surface area contributed by atoms with Crippen LogP contribution in [0.25, 0.3) is 0 Å². The lowest BCUT2D eigenvalue weighted by Gasteiger charge is -2.22. The maximum Gasteiger partial charge on any atom is 0.0991 e. The number of nitrogens with zero attached hydrogens (tertiary/aromatic N) is 3. The Morgan fingerprint density at radius 3 is 2.20 bits per heavy atom. The van der Waals surface area contributed by atoms with E-state index < -0.39 is 0 Å². The molecule has 3 rings (SSSR count). The Bertz CT molecular complexity index is 746. The van der Waals surface area contributed by atoms with Gasteiger partial charge in [-0.1, -0.05) is 25.0 Å². The van der Waals surface area contributed by atoms with Crippen molar-refractivity contribution in [2.45, 2.75) is 32.6 Å². The van der Waals surface area contributed by atoms with Crippen molar-refractivity contribution in [3.63, 3.8) is 0 Å². The molecule has 25 heavy (non-hydrogen) atoms. The highest BCUT2D eigenvalue weighted by atomic mass is 15.3. The number of rotatable bonds is 4. The van der Waals surface area contributed by atoms with E-state index in [1.165, 1.54) is 31.4 Å². The summed E-state index contributed by atoms with van der Waals surface area (Å²) in [6.45, 7) is 4.32. The van der Waals surface area contributed by atoms with Crippen molar-refractivity contribution >= 4 is 17.1 Å². The smallest absolute Gasteiger partial charge is 0.0991 e. The lowest BCUT2D eigenvalue weighted by Crippen LogP contribution is -2.23. The summed E-state index contributed by atoms with van der Waals surface area (Å²) in [5.41, 5.74) is 7.92. The summed E-state index contributed by atoms with van der Waals surface area (Å²) in [5.74, 6) is 0. The summed E-state index contributed by atoms with van der Waals surface area (Å²) in [5, 5.41) is 13.3. The van der Waals surface area contributed by atoms with Gasteiger partial charge in [0.2, 0.25) is 0 Å². The Morgan fingerprint density at radius 1 is 0.960 bits per heavy atom. The quantitative estimate of drug-likeness (QED) is 0.648. The minimum atomic E-state index is 0.648. The third-order valence-corrected chi connectivity index (χ3v) is 4.62. The molecule has 0 spiro atoms. The van der Waals surface area contributed by atoms with Crippen LogP contribution < -0.4 is 10.3 Å². The van der Waals surface area contributed by atoms with Crippen LogP contribution in [-0.2, 0) is 0 Å². The largest absolute Gasteiger partial charge is 0.372 e. The van der Waals surface area contributed by atoms with E-state index in [0.717, 1.165) is 30.1 Å². The molecule has 0 aromatic heterocycles. The van der Waals surface area contributed by atoms with Crippen LogP contribution in [-0.4, -0.2) is 18.8 Å². The molecule has 0 radical (unpaired) electrons. The summed E-state index contributed by atoms with van der Waals surface area (Å²) < 4.78 is 0. The second kappa shape index (κ2) is 8.34. The molecular weight excluding hydrogens is 308 g/mol. The van der Waals surface area contributed by atoms with E-state index in [4.69, 9.17) is 5.26 Å². The molecule has 1 aliphatic rings. The predicted molar refractivity (Wildman–Crippen MR) is 104 cm³/mol. The third kappa shape index (κ3) is 4.60. The van der Waals surface area contributed by atoms with Gasteiger partial charge in [0.25, 0.3) is 0 Å². The molecule has 128 valence electrons. The van der Waals surface area contributed by atoms with Gasteiger partial charge < -0.3 is 4.90 Å². The van der Waals surface area contributed by atoms with Crippen LogP contribution in [0.5, 0.6) is 0 Å². The van der Waals surface area contributed by atoms with Crippen molar-refractivity contribution in [2.75, 3.05) is 23.4 Å². The molecule has 4 nitrogen and oxygen atoms in total. The summed E-state index contributed by atoms with van der Waals surface area (Å²) >= 11 is 0. The van der Waals surface area contributed by atoms with Crippen molar-refractivity contribution < 1.29 is 0 Å². The van der Waals surface area contributed by atoms with Crippen molar-refractivity contribution in [1.82, 2.24) is 0 Å². The van der Waals surface area contributed by atoms with E-state index >= 15 is 0 Å². The molecule has 2 aromatic rings. The molecule has 4 heteroatoms. The van der Waals surface area contributed by atoms with Gasteiger partial charge >= 0.3 is 0 Å². The fourth-order valence-electron chi connectivity index (χ4n) is 3.07. The van der Waals surface area contributed by atoms with Gasteiger partial charge in [0.05, 0.1) is 23.0 Å². The molecule has 0 atom stereocenters. The monoisotopic (exact) mass is 332 g/mol. The molecule has 1 saturated heterocycles. The minimum Gasteiger partial charge on any atom is -0.372 e. The number of benzene rings is 2. The van der Waals surface area contributed by atoms with Gasteiger partial charge in [-0.05, 0) is 61.7 Å². The fourth-order valence-corrected chi connectivity index (χ4v) is 3.07. The number of hydrogen-bond donors (Lipinski definition) is 1. The maximum absolute atomic E-state index is 8.83. The van der Waals surface area contributed by atoms with Crippen molar-refractivity contribution in [2.24, 2.45) is 5.10 Å². The third-order valence-electron chi connectivity index (χ3n) is 4.62. The van der Waals surface area contributed by atoms with Gasteiger partial charge in [0.1, 0.15) is 0 Å². The summed E-state index contributed by atoms with van der Waals surface area (Å²) in [7, 11) is 0. The van der Waals surface area contributed by atoms with E-state index in [2.05, 4.69) is 45.8 Å². The molecule has 1 N–H and O–H groups in total. The van der Waals surface area contributed by atoms with E-state index in [9.17, 15) is 0 Å². The zero-order valence-corrected chi connectivity index (χ0v) is 14.7. The Hall–Kier alpha value is -2.80. The molecule has 1 fully saturated rings. The topological polar surface area (TPSA) is 51.4 Å². The van der Waals surface area contributed by atoms with Crippen molar-refractivity contribution in [3.05, 3.63) is 59.7 Å². The average molecular weight is 332 g/mol. The van der Waals surface area contributed by atoms with Crippen LogP contribution in [0.3, 0.4) is 0 Å². The lowest BCUT2D eigenvalue weighted by molar-refractivity contribution is 0.726. The normalized spacial score (nSPS) is 15.4. The number of nitrogens with one attached hydrogen (secondary N) is 1. The second-order valence-corrected chi connectivity index (χ2v) is 6.45. The minimum absolute atomic E-state index is 0.648. The van der Waals surface area contributed by atoms with Crippen LogP contribution in [0.4, 0.5) is 11.4 Å². The first-order valence-electron chi connectivity index (χ1n) is 8.92. The van der Waals surface area contributed by atoms with E-state index in [-0.39, 0.29) is 0 Å². The first kappa shape index (κ1) is 17.0. The van der Waals surface area contributed by atoms with Gasteiger partial charge in [-0.15, -0.1) is 0 Å².